The van der Waals surface area contributed by atoms with E-state index < -0.39 is 19.5 Å². The lowest BCUT2D eigenvalue weighted by Gasteiger charge is -2.21. The molecule has 0 aliphatic heterocycles. The maximum atomic E-state index is 13.0. The van der Waals surface area contributed by atoms with E-state index in [0.717, 1.165) is 6.07 Å². The quantitative estimate of drug-likeness (QED) is 0.663. The van der Waals surface area contributed by atoms with Crippen molar-refractivity contribution in [2.45, 2.75) is 33.6 Å². The molecule has 0 saturated heterocycles. The van der Waals surface area contributed by atoms with Crippen LogP contribution in [0.15, 0.2) is 12.1 Å². The summed E-state index contributed by atoms with van der Waals surface area (Å²) in [7, 11) is -3.80. The van der Waals surface area contributed by atoms with Crippen LogP contribution in [-0.2, 0) is 20.0 Å². The average molecular weight is 344 g/mol. The van der Waals surface area contributed by atoms with E-state index in [4.69, 9.17) is 9.05 Å². The molecular formula is C15H21O7P. The van der Waals surface area contributed by atoms with E-state index >= 15 is 0 Å². The maximum Gasteiger partial charge on any atom is 0.361 e. The number of carboxylic acids is 2. The second-order valence-corrected chi connectivity index (χ2v) is 6.71. The number of carbonyl (C=O) groups is 2. The van der Waals surface area contributed by atoms with Crippen molar-refractivity contribution in [3.63, 3.8) is 0 Å². The van der Waals surface area contributed by atoms with Crippen LogP contribution in [0.25, 0.3) is 0 Å². The molecule has 0 aliphatic rings. The van der Waals surface area contributed by atoms with E-state index in [-0.39, 0.29) is 35.2 Å². The third-order valence-electron chi connectivity index (χ3n) is 3.10. The summed E-state index contributed by atoms with van der Waals surface area (Å²) in [5.74, 6) is -2.59. The second-order valence-electron chi connectivity index (χ2n) is 4.71. The molecule has 0 heterocycles. The van der Waals surface area contributed by atoms with Crippen molar-refractivity contribution < 1.29 is 33.4 Å². The molecule has 0 bridgehead atoms. The van der Waals surface area contributed by atoms with E-state index in [1.54, 1.807) is 13.8 Å². The lowest BCUT2D eigenvalue weighted by molar-refractivity contribution is 0.0695. The summed E-state index contributed by atoms with van der Waals surface area (Å²) in [6.45, 7) is 5.27. The van der Waals surface area contributed by atoms with Gasteiger partial charge in [0, 0.05) is 0 Å². The Kier molecular flexibility index (Phi) is 6.94. The standard InChI is InChI=1S/C15H21O7P/c1-4-7-11-12(15(18)19)8-10(14(16)17)9-13(11)23(20,21-5-2)22-6-3/h8-9H,4-7H2,1-3H3,(H,16,17)(H,18,19). The lowest BCUT2D eigenvalue weighted by atomic mass is 10.00. The van der Waals surface area contributed by atoms with Gasteiger partial charge in [-0.2, -0.15) is 0 Å². The number of aromatic carboxylic acids is 2. The predicted molar refractivity (Wildman–Crippen MR) is 84.8 cm³/mol. The Labute approximate surface area is 134 Å². The molecule has 23 heavy (non-hydrogen) atoms. The molecule has 0 aliphatic carbocycles. The van der Waals surface area contributed by atoms with Crippen molar-refractivity contribution in [2.75, 3.05) is 13.2 Å². The molecule has 128 valence electrons. The summed E-state index contributed by atoms with van der Waals surface area (Å²) in [5, 5.41) is 18.6. The van der Waals surface area contributed by atoms with Gasteiger partial charge in [0.05, 0.1) is 29.6 Å². The molecule has 0 atom stereocenters. The van der Waals surface area contributed by atoms with Gasteiger partial charge in [-0.05, 0) is 38.0 Å². The fourth-order valence-corrected chi connectivity index (χ4v) is 4.14. The summed E-state index contributed by atoms with van der Waals surface area (Å²) < 4.78 is 23.5. The zero-order chi connectivity index (χ0) is 17.6. The molecule has 1 aromatic rings. The summed E-state index contributed by atoms with van der Waals surface area (Å²) in [6.07, 6.45) is 0.916. The molecule has 0 saturated carbocycles. The zero-order valence-corrected chi connectivity index (χ0v) is 14.3. The highest BCUT2D eigenvalue weighted by Gasteiger charge is 2.33. The first-order chi connectivity index (χ1) is 10.8. The normalized spacial score (nSPS) is 11.4. The minimum absolute atomic E-state index is 0.0142. The van der Waals surface area contributed by atoms with Crippen molar-refractivity contribution in [1.29, 1.82) is 0 Å². The van der Waals surface area contributed by atoms with Crippen LogP contribution in [0.2, 0.25) is 0 Å². The number of hydrogen-bond acceptors (Lipinski definition) is 5. The largest absolute Gasteiger partial charge is 0.478 e. The first-order valence-corrected chi connectivity index (χ1v) is 8.88. The van der Waals surface area contributed by atoms with E-state index in [1.165, 1.54) is 6.07 Å². The van der Waals surface area contributed by atoms with Crippen LogP contribution in [0.4, 0.5) is 0 Å². The topological polar surface area (TPSA) is 110 Å². The van der Waals surface area contributed by atoms with Crippen LogP contribution in [0.3, 0.4) is 0 Å². The van der Waals surface area contributed by atoms with Crippen LogP contribution >= 0.6 is 7.60 Å². The van der Waals surface area contributed by atoms with Crippen molar-refractivity contribution in [3.8, 4) is 0 Å². The van der Waals surface area contributed by atoms with Gasteiger partial charge in [0.2, 0.25) is 0 Å². The van der Waals surface area contributed by atoms with Gasteiger partial charge in [0.25, 0.3) is 0 Å². The summed E-state index contributed by atoms with van der Waals surface area (Å²) in [4.78, 5) is 22.8. The van der Waals surface area contributed by atoms with Gasteiger partial charge in [-0.3, -0.25) is 4.57 Å². The SMILES string of the molecule is CCCc1c(C(=O)O)cc(C(=O)O)cc1P(=O)(OCC)OCC. The van der Waals surface area contributed by atoms with Crippen molar-refractivity contribution in [1.82, 2.24) is 0 Å². The molecular weight excluding hydrogens is 323 g/mol. The molecule has 1 rings (SSSR count). The Morgan fingerprint density at radius 2 is 1.61 bits per heavy atom. The van der Waals surface area contributed by atoms with Gasteiger partial charge in [0.15, 0.2) is 0 Å². The van der Waals surface area contributed by atoms with Crippen LogP contribution in [0.1, 0.15) is 53.5 Å². The van der Waals surface area contributed by atoms with E-state index in [2.05, 4.69) is 0 Å². The minimum Gasteiger partial charge on any atom is -0.478 e. The lowest BCUT2D eigenvalue weighted by Crippen LogP contribution is -2.22. The second kappa shape index (κ2) is 8.24. The molecule has 0 spiro atoms. The number of rotatable bonds is 9. The predicted octanol–water partition coefficient (Wildman–Crippen LogP) is 2.93. The Bertz CT molecular complexity index is 629. The molecule has 0 fully saturated rings. The number of benzene rings is 1. The average Bonchev–Trinajstić information content (AvgIpc) is 2.47. The summed E-state index contributed by atoms with van der Waals surface area (Å²) in [5.41, 5.74) is -0.173. The molecule has 0 aromatic heterocycles. The molecule has 0 amide bonds. The molecule has 7 nitrogen and oxygen atoms in total. The zero-order valence-electron chi connectivity index (χ0n) is 13.4. The van der Waals surface area contributed by atoms with Crippen LogP contribution in [0.5, 0.6) is 0 Å². The minimum atomic E-state index is -3.80. The summed E-state index contributed by atoms with van der Waals surface area (Å²) in [6, 6.07) is 2.26. The van der Waals surface area contributed by atoms with Gasteiger partial charge < -0.3 is 19.3 Å². The van der Waals surface area contributed by atoms with Gasteiger partial charge in [0.1, 0.15) is 0 Å². The number of hydrogen-bond donors (Lipinski definition) is 2. The Morgan fingerprint density at radius 1 is 1.04 bits per heavy atom. The molecule has 0 unspecified atom stereocenters. The molecule has 0 radical (unpaired) electrons. The number of carboxylic acid groups (broad SMARTS) is 2. The maximum absolute atomic E-state index is 13.0. The van der Waals surface area contributed by atoms with Gasteiger partial charge in [-0.1, -0.05) is 13.3 Å². The van der Waals surface area contributed by atoms with Crippen molar-refractivity contribution in [3.05, 3.63) is 28.8 Å². The van der Waals surface area contributed by atoms with Crippen LogP contribution < -0.4 is 5.30 Å². The highest BCUT2D eigenvalue weighted by molar-refractivity contribution is 7.62. The highest BCUT2D eigenvalue weighted by atomic mass is 31.2. The smallest absolute Gasteiger partial charge is 0.361 e. The summed E-state index contributed by atoms with van der Waals surface area (Å²) >= 11 is 0. The van der Waals surface area contributed by atoms with Gasteiger partial charge in [-0.25, -0.2) is 9.59 Å². The van der Waals surface area contributed by atoms with Crippen molar-refractivity contribution >= 4 is 24.8 Å². The molecule has 1 aromatic carbocycles. The van der Waals surface area contributed by atoms with Gasteiger partial charge >= 0.3 is 19.5 Å². The molecule has 8 heteroatoms. The third kappa shape index (κ3) is 4.41. The Balaban J connectivity index is 3.74. The van der Waals surface area contributed by atoms with Crippen molar-refractivity contribution in [2.24, 2.45) is 0 Å². The first-order valence-electron chi connectivity index (χ1n) is 7.33. The first kappa shape index (κ1) is 19.4. The van der Waals surface area contributed by atoms with E-state index in [9.17, 15) is 24.4 Å². The van der Waals surface area contributed by atoms with Gasteiger partial charge in [-0.15, -0.1) is 0 Å². The van der Waals surface area contributed by atoms with Crippen LogP contribution in [0, 0.1) is 0 Å². The third-order valence-corrected chi connectivity index (χ3v) is 5.28. The Hall–Kier alpha value is -1.69. The monoisotopic (exact) mass is 344 g/mol. The molecule has 2 N–H and O–H groups in total. The highest BCUT2D eigenvalue weighted by Crippen LogP contribution is 2.48. The van der Waals surface area contributed by atoms with E-state index in [1.807, 2.05) is 6.92 Å². The van der Waals surface area contributed by atoms with Crippen LogP contribution in [-0.4, -0.2) is 35.4 Å². The fourth-order valence-electron chi connectivity index (χ4n) is 2.24. The Morgan fingerprint density at radius 3 is 2.00 bits per heavy atom. The van der Waals surface area contributed by atoms with E-state index in [0.29, 0.717) is 12.8 Å². The fraction of sp³-hybridized carbons (Fsp3) is 0.467.